The number of hydrogen-bond donors (Lipinski definition) is 6. The smallest absolute Gasteiger partial charge is 0.193 e. The van der Waals surface area contributed by atoms with Crippen molar-refractivity contribution in [3.8, 4) is 0 Å². The summed E-state index contributed by atoms with van der Waals surface area (Å²) in [5.41, 5.74) is 0. The first-order valence-electron chi connectivity index (χ1n) is 3.33. The van der Waals surface area contributed by atoms with Crippen molar-refractivity contribution in [1.29, 1.82) is 0 Å². The summed E-state index contributed by atoms with van der Waals surface area (Å²) in [5, 5.41) is 0. The first-order valence-corrected chi connectivity index (χ1v) is 7.00. The summed E-state index contributed by atoms with van der Waals surface area (Å²) >= 11 is 0. The molecule has 0 aromatic heterocycles. The van der Waals surface area contributed by atoms with Crippen LogP contribution in [-0.4, -0.2) is 41.7 Å². The van der Waals surface area contributed by atoms with E-state index in [1.807, 2.05) is 0 Å². The van der Waals surface area contributed by atoms with Crippen molar-refractivity contribution >= 4 is 15.9 Å². The summed E-state index contributed by atoms with van der Waals surface area (Å²) in [5.74, 6) is 0. The van der Waals surface area contributed by atoms with Gasteiger partial charge in [-0.3, -0.25) is 0 Å². The molecule has 0 heterocycles. The van der Waals surface area contributed by atoms with Gasteiger partial charge in [-0.25, -0.2) is 0 Å². The van der Waals surface area contributed by atoms with Gasteiger partial charge in [-0.15, -0.1) is 0 Å². The fourth-order valence-electron chi connectivity index (χ4n) is 0.648. The van der Waals surface area contributed by atoms with Crippen molar-refractivity contribution in [2.75, 3.05) is 12.3 Å². The Hall–Kier alpha value is 0.620. The molecule has 0 saturated carbocycles. The Morgan fingerprint density at radius 1 is 0.583 bits per heavy atom. The van der Waals surface area contributed by atoms with E-state index in [4.69, 9.17) is 29.4 Å². The zero-order valence-corrected chi connectivity index (χ0v) is 8.19. The second-order valence-electron chi connectivity index (χ2n) is 2.54. The molecule has 0 atom stereocenters. The lowest BCUT2D eigenvalue weighted by atomic mass is 10.4. The van der Waals surface area contributed by atoms with Gasteiger partial charge in [0.25, 0.3) is 0 Å². The van der Waals surface area contributed by atoms with Gasteiger partial charge in [0.2, 0.25) is 0 Å². The molecule has 0 spiro atoms. The zero-order valence-electron chi connectivity index (χ0n) is 6.41. The predicted octanol–water partition coefficient (Wildman–Crippen LogP) is -0.754. The molecular formula is C4H14O6P2+2. The molecule has 6 nitrogen and oxygen atoms in total. The summed E-state index contributed by atoms with van der Waals surface area (Å²) < 4.78 is 0. The van der Waals surface area contributed by atoms with Crippen molar-refractivity contribution in [3.63, 3.8) is 0 Å². The van der Waals surface area contributed by atoms with Crippen LogP contribution in [0, 0.1) is 0 Å². The number of rotatable bonds is 5. The zero-order chi connectivity index (χ0) is 9.83. The molecule has 0 aliphatic carbocycles. The van der Waals surface area contributed by atoms with E-state index >= 15 is 0 Å². The summed E-state index contributed by atoms with van der Waals surface area (Å²) in [6.45, 7) is 0. The van der Waals surface area contributed by atoms with Crippen LogP contribution in [0.5, 0.6) is 0 Å². The molecule has 0 aliphatic heterocycles. The Labute approximate surface area is 71.3 Å². The van der Waals surface area contributed by atoms with Gasteiger partial charge in [-0.05, 0) is 12.8 Å². The van der Waals surface area contributed by atoms with Crippen LogP contribution in [-0.2, 0) is 0 Å². The van der Waals surface area contributed by atoms with E-state index in [9.17, 15) is 0 Å². The van der Waals surface area contributed by atoms with Crippen molar-refractivity contribution in [3.05, 3.63) is 0 Å². The molecule has 0 aromatic rings. The van der Waals surface area contributed by atoms with Crippen molar-refractivity contribution in [2.45, 2.75) is 12.8 Å². The van der Waals surface area contributed by atoms with Gasteiger partial charge in [0.15, 0.2) is 0 Å². The standard InChI is InChI=1S/C4H14O6P2/c5-11(6,7)3-1-2-4-12(8,9)10/h5-10H,1-4H2/q+2. The molecule has 74 valence electrons. The maximum absolute atomic E-state index is 8.49. The highest BCUT2D eigenvalue weighted by Gasteiger charge is 2.32. The summed E-state index contributed by atoms with van der Waals surface area (Å²) in [7, 11) is -7.46. The Bertz CT molecular complexity index is 110. The molecule has 0 saturated heterocycles. The average molecular weight is 220 g/mol. The summed E-state index contributed by atoms with van der Waals surface area (Å²) in [6.07, 6.45) is 0.126. The first-order chi connectivity index (χ1) is 5.21. The predicted molar refractivity (Wildman–Crippen MR) is 46.1 cm³/mol. The van der Waals surface area contributed by atoms with E-state index < -0.39 is 15.9 Å². The van der Waals surface area contributed by atoms with Gasteiger partial charge in [0, 0.05) is 0 Å². The summed E-state index contributed by atoms with van der Waals surface area (Å²) in [4.78, 5) is 50.9. The second-order valence-corrected chi connectivity index (χ2v) is 6.20. The monoisotopic (exact) mass is 220 g/mol. The largest absolute Gasteiger partial charge is 0.403 e. The highest BCUT2D eigenvalue weighted by atomic mass is 31.2. The van der Waals surface area contributed by atoms with Crippen LogP contribution >= 0.6 is 15.9 Å². The van der Waals surface area contributed by atoms with Crippen molar-refractivity contribution in [2.24, 2.45) is 0 Å². The van der Waals surface area contributed by atoms with Crippen LogP contribution in [0.1, 0.15) is 12.8 Å². The van der Waals surface area contributed by atoms with Crippen LogP contribution in [0.25, 0.3) is 0 Å². The minimum Gasteiger partial charge on any atom is -0.193 e. The highest BCUT2D eigenvalue weighted by Crippen LogP contribution is 2.48. The third-order valence-electron chi connectivity index (χ3n) is 1.17. The maximum Gasteiger partial charge on any atom is 0.403 e. The molecule has 12 heavy (non-hydrogen) atoms. The molecule has 0 amide bonds. The van der Waals surface area contributed by atoms with E-state index in [0.29, 0.717) is 0 Å². The van der Waals surface area contributed by atoms with E-state index in [0.717, 1.165) is 0 Å². The first kappa shape index (κ1) is 12.6. The number of hydrogen-bond acceptors (Lipinski definition) is 6. The van der Waals surface area contributed by atoms with Crippen LogP contribution in [0.2, 0.25) is 0 Å². The topological polar surface area (TPSA) is 121 Å². The van der Waals surface area contributed by atoms with E-state index in [1.165, 1.54) is 0 Å². The van der Waals surface area contributed by atoms with Crippen LogP contribution in [0.15, 0.2) is 0 Å². The molecular weight excluding hydrogens is 206 g/mol. The quantitative estimate of drug-likeness (QED) is 0.267. The molecule has 0 bridgehead atoms. The lowest BCUT2D eigenvalue weighted by molar-refractivity contribution is 0.321. The Morgan fingerprint density at radius 3 is 1.00 bits per heavy atom. The van der Waals surface area contributed by atoms with Gasteiger partial charge >= 0.3 is 15.9 Å². The fraction of sp³-hybridized carbons (Fsp3) is 1.00. The molecule has 6 N–H and O–H groups in total. The van der Waals surface area contributed by atoms with Crippen LogP contribution in [0.3, 0.4) is 0 Å². The minimum absolute atomic E-state index is 0.174. The normalized spacial score (nSPS) is 13.5. The van der Waals surface area contributed by atoms with Gasteiger partial charge in [0.1, 0.15) is 12.3 Å². The van der Waals surface area contributed by atoms with Gasteiger partial charge < -0.3 is 0 Å². The van der Waals surface area contributed by atoms with Gasteiger partial charge in [-0.2, -0.15) is 29.4 Å². The minimum atomic E-state index is -3.73. The van der Waals surface area contributed by atoms with Crippen molar-refractivity contribution in [1.82, 2.24) is 0 Å². The Balaban J connectivity index is 3.35. The molecule has 0 fully saturated rings. The Morgan fingerprint density at radius 2 is 0.833 bits per heavy atom. The fourth-order valence-corrected chi connectivity index (χ4v) is 1.94. The van der Waals surface area contributed by atoms with Gasteiger partial charge in [0.05, 0.1) is 0 Å². The molecule has 8 heteroatoms. The highest BCUT2D eigenvalue weighted by molar-refractivity contribution is 7.59. The van der Waals surface area contributed by atoms with E-state index in [-0.39, 0.29) is 25.2 Å². The summed E-state index contributed by atoms with van der Waals surface area (Å²) in [6, 6.07) is 0. The number of unbranched alkanes of at least 4 members (excludes halogenated alkanes) is 1. The SMILES string of the molecule is O[P+](O)(O)CCCC[P+](O)(O)O. The molecule has 0 rings (SSSR count). The average Bonchev–Trinajstić information content (AvgIpc) is 1.76. The van der Waals surface area contributed by atoms with E-state index in [2.05, 4.69) is 0 Å². The molecule has 0 radical (unpaired) electrons. The van der Waals surface area contributed by atoms with Gasteiger partial charge in [-0.1, -0.05) is 0 Å². The van der Waals surface area contributed by atoms with Crippen LogP contribution in [0.4, 0.5) is 0 Å². The van der Waals surface area contributed by atoms with Crippen LogP contribution < -0.4 is 0 Å². The third kappa shape index (κ3) is 10.6. The second kappa shape index (κ2) is 4.74. The van der Waals surface area contributed by atoms with E-state index in [1.54, 1.807) is 0 Å². The molecule has 0 aliphatic rings. The lowest BCUT2D eigenvalue weighted by Crippen LogP contribution is -1.99. The lowest BCUT2D eigenvalue weighted by Gasteiger charge is -2.04. The molecule has 0 unspecified atom stereocenters. The molecule has 0 aromatic carbocycles. The third-order valence-corrected chi connectivity index (χ3v) is 3.00. The Kier molecular flexibility index (Phi) is 4.99. The van der Waals surface area contributed by atoms with Crippen molar-refractivity contribution < 1.29 is 29.4 Å². The maximum atomic E-state index is 8.49.